The topological polar surface area (TPSA) is 123 Å². The number of sulfonamides is 1. The van der Waals surface area contributed by atoms with Crippen LogP contribution < -0.4 is 11.1 Å². The van der Waals surface area contributed by atoms with E-state index in [-0.39, 0.29) is 34.5 Å². The fourth-order valence-electron chi connectivity index (χ4n) is 2.74. The monoisotopic (exact) mass is 470 g/mol. The van der Waals surface area contributed by atoms with Crippen LogP contribution in [0.4, 0.5) is 10.1 Å². The molecule has 2 aromatic carbocycles. The molecule has 166 valence electrons. The summed E-state index contributed by atoms with van der Waals surface area (Å²) in [5, 5.41) is 6.17. The molecule has 0 saturated carbocycles. The zero-order valence-corrected chi connectivity index (χ0v) is 17.8. The summed E-state index contributed by atoms with van der Waals surface area (Å²) < 4.78 is 45.1. The molecule has 0 aliphatic carbocycles. The Hall–Kier alpha value is -2.73. The van der Waals surface area contributed by atoms with Gasteiger partial charge in [-0.15, -0.1) is 0 Å². The van der Waals surface area contributed by atoms with Gasteiger partial charge in [-0.1, -0.05) is 16.8 Å². The van der Waals surface area contributed by atoms with E-state index in [4.69, 9.17) is 26.9 Å². The highest BCUT2D eigenvalue weighted by Gasteiger charge is 2.28. The zero-order valence-electron chi connectivity index (χ0n) is 16.3. The number of oxime groups is 1. The molecule has 0 spiro atoms. The van der Waals surface area contributed by atoms with Crippen LogP contribution in [-0.4, -0.2) is 57.4 Å². The van der Waals surface area contributed by atoms with Crippen molar-refractivity contribution < 1.29 is 27.2 Å². The summed E-state index contributed by atoms with van der Waals surface area (Å²) in [6.07, 6.45) is 0. The fourth-order valence-corrected chi connectivity index (χ4v) is 4.64. The Morgan fingerprint density at radius 3 is 2.58 bits per heavy atom. The smallest absolute Gasteiger partial charge is 0.265 e. The number of nitrogens with zero attached hydrogens (tertiary/aromatic N) is 2. The first-order valence-corrected chi connectivity index (χ1v) is 11.0. The summed E-state index contributed by atoms with van der Waals surface area (Å²) >= 11 is 6.09. The third-order valence-electron chi connectivity index (χ3n) is 4.30. The van der Waals surface area contributed by atoms with Gasteiger partial charge in [-0.3, -0.25) is 4.79 Å². The molecule has 3 N–H and O–H groups in total. The number of halogens is 2. The molecular weight excluding hydrogens is 451 g/mol. The van der Waals surface area contributed by atoms with Crippen molar-refractivity contribution in [2.24, 2.45) is 10.9 Å². The molecule has 1 fully saturated rings. The Balaban J connectivity index is 1.63. The SMILES string of the molecule is N/C(=N/OCC(=O)Nc1ccc(Cl)c(S(=O)(=O)N2CCOCC2)c1)c1ccc(F)cc1. The van der Waals surface area contributed by atoms with E-state index in [0.29, 0.717) is 18.8 Å². The molecule has 0 aromatic heterocycles. The van der Waals surface area contributed by atoms with Crippen LogP contribution >= 0.6 is 11.6 Å². The van der Waals surface area contributed by atoms with Crippen molar-refractivity contribution in [2.45, 2.75) is 4.90 Å². The lowest BCUT2D eigenvalue weighted by molar-refractivity contribution is -0.120. The maximum absolute atomic E-state index is 12.9. The Kier molecular flexibility index (Phi) is 7.44. The predicted octanol–water partition coefficient (Wildman–Crippen LogP) is 1.78. The summed E-state index contributed by atoms with van der Waals surface area (Å²) in [5.74, 6) is -1.04. The van der Waals surface area contributed by atoms with E-state index >= 15 is 0 Å². The number of nitrogens with two attached hydrogens (primary N) is 1. The van der Waals surface area contributed by atoms with E-state index in [2.05, 4.69) is 10.5 Å². The number of nitrogens with one attached hydrogen (secondary N) is 1. The number of hydrogen-bond acceptors (Lipinski definition) is 6. The van der Waals surface area contributed by atoms with Gasteiger partial charge in [0.1, 0.15) is 10.7 Å². The van der Waals surface area contributed by atoms with Gasteiger partial charge in [-0.2, -0.15) is 4.31 Å². The molecule has 31 heavy (non-hydrogen) atoms. The first-order valence-electron chi connectivity index (χ1n) is 9.16. The summed E-state index contributed by atoms with van der Waals surface area (Å²) in [5.41, 5.74) is 6.37. The first kappa shape index (κ1) is 22.9. The number of anilines is 1. The molecule has 1 aliphatic rings. The minimum Gasteiger partial charge on any atom is -0.384 e. The Morgan fingerprint density at radius 1 is 1.23 bits per heavy atom. The second kappa shape index (κ2) is 10.1. The number of carbonyl (C=O) groups is 1. The number of morpholine rings is 1. The highest BCUT2D eigenvalue weighted by Crippen LogP contribution is 2.28. The second-order valence-corrected chi connectivity index (χ2v) is 8.78. The van der Waals surface area contributed by atoms with Crippen LogP contribution in [0, 0.1) is 5.82 Å². The van der Waals surface area contributed by atoms with Crippen molar-refractivity contribution in [3.05, 3.63) is 58.9 Å². The van der Waals surface area contributed by atoms with Gasteiger partial charge in [0.25, 0.3) is 5.91 Å². The average molecular weight is 471 g/mol. The quantitative estimate of drug-likeness (QED) is 0.361. The van der Waals surface area contributed by atoms with E-state index in [9.17, 15) is 17.6 Å². The van der Waals surface area contributed by atoms with Gasteiger partial charge in [0.15, 0.2) is 12.4 Å². The summed E-state index contributed by atoms with van der Waals surface area (Å²) in [7, 11) is -3.84. The molecular formula is C19H20ClFN4O5S. The molecule has 1 heterocycles. The molecule has 1 amide bonds. The van der Waals surface area contributed by atoms with Crippen LogP contribution in [-0.2, 0) is 24.4 Å². The van der Waals surface area contributed by atoms with Gasteiger partial charge in [0.05, 0.1) is 18.2 Å². The number of carbonyl (C=O) groups excluding carboxylic acids is 1. The molecule has 0 unspecified atom stereocenters. The molecule has 3 rings (SSSR count). The van der Waals surface area contributed by atoms with Crippen molar-refractivity contribution in [2.75, 3.05) is 38.2 Å². The average Bonchev–Trinajstić information content (AvgIpc) is 2.76. The van der Waals surface area contributed by atoms with Gasteiger partial charge >= 0.3 is 0 Å². The van der Waals surface area contributed by atoms with E-state index in [1.165, 1.54) is 46.8 Å². The lowest BCUT2D eigenvalue weighted by Gasteiger charge is -2.26. The van der Waals surface area contributed by atoms with E-state index in [0.717, 1.165) is 0 Å². The van der Waals surface area contributed by atoms with Crippen LogP contribution in [0.3, 0.4) is 0 Å². The highest BCUT2D eigenvalue weighted by molar-refractivity contribution is 7.89. The number of benzene rings is 2. The minimum atomic E-state index is -3.84. The van der Waals surface area contributed by atoms with Gasteiger partial charge in [-0.25, -0.2) is 12.8 Å². The van der Waals surface area contributed by atoms with Crippen LogP contribution in [0.1, 0.15) is 5.56 Å². The molecule has 12 heteroatoms. The first-order chi connectivity index (χ1) is 14.8. The van der Waals surface area contributed by atoms with Gasteiger partial charge < -0.3 is 20.6 Å². The lowest BCUT2D eigenvalue weighted by Crippen LogP contribution is -2.40. The van der Waals surface area contributed by atoms with Crippen molar-refractivity contribution in [1.82, 2.24) is 4.31 Å². The maximum atomic E-state index is 12.9. The van der Waals surface area contributed by atoms with Crippen LogP contribution in [0.25, 0.3) is 0 Å². The largest absolute Gasteiger partial charge is 0.384 e. The fraction of sp³-hybridized carbons (Fsp3) is 0.263. The van der Waals surface area contributed by atoms with Gasteiger partial charge in [-0.05, 0) is 42.5 Å². The zero-order chi connectivity index (χ0) is 22.4. The Bertz CT molecular complexity index is 1070. The number of rotatable bonds is 7. The van der Waals surface area contributed by atoms with Crippen molar-refractivity contribution >= 4 is 39.1 Å². The van der Waals surface area contributed by atoms with Crippen molar-refractivity contribution in [1.29, 1.82) is 0 Å². The molecule has 0 atom stereocenters. The minimum absolute atomic E-state index is 0.0295. The Morgan fingerprint density at radius 2 is 1.90 bits per heavy atom. The van der Waals surface area contributed by atoms with Crippen LogP contribution in [0.5, 0.6) is 0 Å². The summed E-state index contributed by atoms with van der Waals surface area (Å²) in [6, 6.07) is 9.40. The van der Waals surface area contributed by atoms with Gasteiger partial charge in [0.2, 0.25) is 10.0 Å². The summed E-state index contributed by atoms with van der Waals surface area (Å²) in [6.45, 7) is 0.557. The second-order valence-electron chi connectivity index (χ2n) is 6.47. The molecule has 1 saturated heterocycles. The highest BCUT2D eigenvalue weighted by atomic mass is 35.5. The molecule has 0 bridgehead atoms. The molecule has 2 aromatic rings. The molecule has 1 aliphatic heterocycles. The standard InChI is InChI=1S/C19H20ClFN4O5S/c20-16-6-5-15(11-17(16)31(27,28)25-7-9-29-10-8-25)23-18(26)12-30-24-19(22)13-1-3-14(21)4-2-13/h1-6,11H,7-10,12H2,(H2,22,24)(H,23,26). The molecule has 0 radical (unpaired) electrons. The number of hydrogen-bond donors (Lipinski definition) is 2. The summed E-state index contributed by atoms with van der Waals surface area (Å²) in [4.78, 5) is 16.9. The van der Waals surface area contributed by atoms with Crippen molar-refractivity contribution in [3.8, 4) is 0 Å². The maximum Gasteiger partial charge on any atom is 0.265 e. The lowest BCUT2D eigenvalue weighted by atomic mass is 10.2. The Labute approximate surface area is 183 Å². The van der Waals surface area contributed by atoms with E-state index in [1.54, 1.807) is 0 Å². The van der Waals surface area contributed by atoms with E-state index in [1.807, 2.05) is 0 Å². The normalized spacial score (nSPS) is 15.5. The van der Waals surface area contributed by atoms with Gasteiger partial charge in [0, 0.05) is 24.3 Å². The number of amidine groups is 1. The predicted molar refractivity (Wildman–Crippen MR) is 113 cm³/mol. The number of amides is 1. The third-order valence-corrected chi connectivity index (χ3v) is 6.68. The van der Waals surface area contributed by atoms with Crippen molar-refractivity contribution in [3.63, 3.8) is 0 Å². The van der Waals surface area contributed by atoms with E-state index < -0.39 is 28.4 Å². The number of ether oxygens (including phenoxy) is 1. The third kappa shape index (κ3) is 5.91. The molecule has 9 nitrogen and oxygen atoms in total. The van der Waals surface area contributed by atoms with Crippen LogP contribution in [0.2, 0.25) is 5.02 Å². The van der Waals surface area contributed by atoms with Crippen LogP contribution in [0.15, 0.2) is 52.5 Å².